The van der Waals surface area contributed by atoms with Gasteiger partial charge in [0.25, 0.3) is 0 Å². The molecule has 0 spiro atoms. The molecule has 1 aliphatic rings. The molecule has 1 atom stereocenters. The Kier molecular flexibility index (Phi) is 8.81. The Bertz CT molecular complexity index is 989. The topological polar surface area (TPSA) is 85.7 Å². The van der Waals surface area contributed by atoms with E-state index in [1.165, 1.54) is 5.56 Å². The highest BCUT2D eigenvalue weighted by atomic mass is 16.6. The fourth-order valence-electron chi connectivity index (χ4n) is 4.44. The molecule has 1 fully saturated rings. The molecule has 8 nitrogen and oxygen atoms in total. The monoisotopic (exact) mass is 484 g/mol. The molecule has 0 radical (unpaired) electrons. The van der Waals surface area contributed by atoms with Gasteiger partial charge < -0.3 is 19.7 Å². The number of hydrogen-bond acceptors (Lipinski definition) is 5. The van der Waals surface area contributed by atoms with Crippen molar-refractivity contribution in [2.75, 3.05) is 13.1 Å². The third-order valence-corrected chi connectivity index (χ3v) is 6.31. The van der Waals surface area contributed by atoms with Crippen molar-refractivity contribution >= 4 is 12.2 Å². The van der Waals surface area contributed by atoms with E-state index in [1.54, 1.807) is 0 Å². The number of carbonyl (C=O) groups is 2. The van der Waals surface area contributed by atoms with Crippen LogP contribution in [0.4, 0.5) is 9.59 Å². The van der Waals surface area contributed by atoms with Gasteiger partial charge in [-0.05, 0) is 77.8 Å². The van der Waals surface area contributed by atoms with E-state index in [1.807, 2.05) is 74.5 Å². The van der Waals surface area contributed by atoms with Crippen LogP contribution in [0.25, 0.3) is 0 Å². The number of carbonyl (C=O) groups excluding carboxylic acids is 2. The van der Waals surface area contributed by atoms with Gasteiger partial charge in [0.2, 0.25) is 0 Å². The van der Waals surface area contributed by atoms with Gasteiger partial charge in [-0.3, -0.25) is 4.68 Å². The van der Waals surface area contributed by atoms with Gasteiger partial charge in [-0.15, -0.1) is 0 Å². The van der Waals surface area contributed by atoms with E-state index < -0.39 is 11.7 Å². The van der Waals surface area contributed by atoms with E-state index in [0.717, 1.165) is 36.2 Å². The summed E-state index contributed by atoms with van der Waals surface area (Å²) in [5, 5.41) is 7.62. The molecular formula is C27H40N4O4. The maximum Gasteiger partial charge on any atom is 0.410 e. The average Bonchev–Trinajstić information content (AvgIpc) is 3.04. The lowest BCUT2D eigenvalue weighted by atomic mass is 9.89. The second-order valence-electron chi connectivity index (χ2n) is 10.6. The van der Waals surface area contributed by atoms with Crippen molar-refractivity contribution in [3.63, 3.8) is 0 Å². The van der Waals surface area contributed by atoms with Gasteiger partial charge in [0.05, 0.1) is 12.2 Å². The average molecular weight is 485 g/mol. The number of aryl methyl sites for hydroxylation is 1. The van der Waals surface area contributed by atoms with Gasteiger partial charge in [0.1, 0.15) is 12.2 Å². The molecule has 8 heteroatoms. The number of benzene rings is 1. The molecule has 1 aromatic heterocycles. The Morgan fingerprint density at radius 3 is 2.43 bits per heavy atom. The summed E-state index contributed by atoms with van der Waals surface area (Å²) in [4.78, 5) is 26.3. The second-order valence-corrected chi connectivity index (χ2v) is 10.6. The molecular weight excluding hydrogens is 444 g/mol. The number of amides is 2. The number of aromatic nitrogens is 2. The number of alkyl carbamates (subject to hydrolysis) is 1. The van der Waals surface area contributed by atoms with Gasteiger partial charge in [-0.1, -0.05) is 30.3 Å². The zero-order valence-corrected chi connectivity index (χ0v) is 22.0. The highest BCUT2D eigenvalue weighted by molar-refractivity contribution is 5.68. The lowest BCUT2D eigenvalue weighted by Crippen LogP contribution is -2.40. The molecule has 1 aromatic carbocycles. The van der Waals surface area contributed by atoms with Gasteiger partial charge >= 0.3 is 12.2 Å². The number of nitrogens with zero attached hydrogens (tertiary/aromatic N) is 3. The first-order valence-corrected chi connectivity index (χ1v) is 12.5. The molecule has 0 aliphatic carbocycles. The van der Waals surface area contributed by atoms with Crippen LogP contribution in [0.2, 0.25) is 0 Å². The third-order valence-electron chi connectivity index (χ3n) is 6.31. The molecule has 2 aromatic rings. The third kappa shape index (κ3) is 8.01. The van der Waals surface area contributed by atoms with Crippen LogP contribution in [0.5, 0.6) is 0 Å². The molecule has 192 valence electrons. The maximum atomic E-state index is 12.5. The molecule has 0 saturated carbocycles. The second kappa shape index (κ2) is 11.6. The minimum absolute atomic E-state index is 0.110. The number of likely N-dealkylation sites (tertiary alicyclic amines) is 1. The fourth-order valence-corrected chi connectivity index (χ4v) is 4.44. The van der Waals surface area contributed by atoms with Crippen LogP contribution in [-0.2, 0) is 29.0 Å². The quantitative estimate of drug-likeness (QED) is 0.597. The predicted molar refractivity (Wildman–Crippen MR) is 135 cm³/mol. The maximum absolute atomic E-state index is 12.5. The summed E-state index contributed by atoms with van der Waals surface area (Å²) in [6.45, 7) is 13.9. The zero-order valence-electron chi connectivity index (χ0n) is 22.0. The number of ether oxygens (including phenoxy) is 2. The van der Waals surface area contributed by atoms with Crippen LogP contribution >= 0.6 is 0 Å². The van der Waals surface area contributed by atoms with Crippen molar-refractivity contribution in [1.29, 1.82) is 0 Å². The number of piperidine rings is 1. The van der Waals surface area contributed by atoms with Crippen LogP contribution in [0.15, 0.2) is 30.3 Å². The first-order valence-electron chi connectivity index (χ1n) is 12.5. The van der Waals surface area contributed by atoms with Crippen LogP contribution in [0, 0.1) is 19.8 Å². The fraction of sp³-hybridized carbons (Fsp3) is 0.593. The summed E-state index contributed by atoms with van der Waals surface area (Å²) < 4.78 is 12.8. The van der Waals surface area contributed by atoms with Gasteiger partial charge in [0, 0.05) is 24.8 Å². The molecule has 3 rings (SSSR count). The lowest BCUT2D eigenvalue weighted by molar-refractivity contribution is 0.0503. The SMILES string of the molecule is Cc1nn(C[C@@H](C)NC(=O)OC(C)(C)C)c(C)c1CC1CCN(C(=O)OCc2ccccc2)CC1. The molecule has 1 saturated heterocycles. The van der Waals surface area contributed by atoms with Crippen LogP contribution in [-0.4, -0.2) is 51.6 Å². The largest absolute Gasteiger partial charge is 0.445 e. The normalized spacial score (nSPS) is 15.5. The number of nitrogens with one attached hydrogen (secondary N) is 1. The first kappa shape index (κ1) is 26.6. The van der Waals surface area contributed by atoms with E-state index in [9.17, 15) is 9.59 Å². The summed E-state index contributed by atoms with van der Waals surface area (Å²) in [5.41, 5.74) is 3.89. The Labute approximate surface area is 209 Å². The van der Waals surface area contributed by atoms with E-state index in [2.05, 4.69) is 12.2 Å². The molecule has 0 bridgehead atoms. The number of rotatable bonds is 7. The van der Waals surface area contributed by atoms with Crippen molar-refractivity contribution in [3.05, 3.63) is 52.8 Å². The summed E-state index contributed by atoms with van der Waals surface area (Å²) in [6.07, 6.45) is 2.18. The summed E-state index contributed by atoms with van der Waals surface area (Å²) in [7, 11) is 0. The highest BCUT2D eigenvalue weighted by Gasteiger charge is 2.26. The van der Waals surface area contributed by atoms with Crippen molar-refractivity contribution in [2.45, 2.75) is 85.6 Å². The predicted octanol–water partition coefficient (Wildman–Crippen LogP) is 5.00. The van der Waals surface area contributed by atoms with Crippen molar-refractivity contribution in [2.24, 2.45) is 5.92 Å². The molecule has 35 heavy (non-hydrogen) atoms. The van der Waals surface area contributed by atoms with Crippen LogP contribution in [0.1, 0.15) is 63.1 Å². The zero-order chi connectivity index (χ0) is 25.6. The van der Waals surface area contributed by atoms with E-state index in [-0.39, 0.29) is 12.1 Å². The van der Waals surface area contributed by atoms with Crippen molar-refractivity contribution < 1.29 is 19.1 Å². The Hall–Kier alpha value is -3.03. The van der Waals surface area contributed by atoms with Crippen LogP contribution < -0.4 is 5.32 Å². The van der Waals surface area contributed by atoms with Gasteiger partial charge in [0.15, 0.2) is 0 Å². The smallest absolute Gasteiger partial charge is 0.410 e. The highest BCUT2D eigenvalue weighted by Crippen LogP contribution is 2.26. The molecule has 2 heterocycles. The van der Waals surface area contributed by atoms with E-state index in [0.29, 0.717) is 32.2 Å². The number of hydrogen-bond donors (Lipinski definition) is 1. The Morgan fingerprint density at radius 1 is 1.14 bits per heavy atom. The first-order chi connectivity index (χ1) is 16.5. The van der Waals surface area contributed by atoms with Crippen LogP contribution in [0.3, 0.4) is 0 Å². The van der Waals surface area contributed by atoms with E-state index in [4.69, 9.17) is 14.6 Å². The van der Waals surface area contributed by atoms with Crippen molar-refractivity contribution in [1.82, 2.24) is 20.0 Å². The lowest BCUT2D eigenvalue weighted by Gasteiger charge is -2.31. The van der Waals surface area contributed by atoms with Crippen molar-refractivity contribution in [3.8, 4) is 0 Å². The Balaban J connectivity index is 1.48. The van der Waals surface area contributed by atoms with E-state index >= 15 is 0 Å². The van der Waals surface area contributed by atoms with Gasteiger partial charge in [-0.25, -0.2) is 9.59 Å². The Morgan fingerprint density at radius 2 is 1.80 bits per heavy atom. The summed E-state index contributed by atoms with van der Waals surface area (Å²) in [5.74, 6) is 0.500. The van der Waals surface area contributed by atoms with Gasteiger partial charge in [-0.2, -0.15) is 5.10 Å². The minimum Gasteiger partial charge on any atom is -0.445 e. The molecule has 1 aliphatic heterocycles. The summed E-state index contributed by atoms with van der Waals surface area (Å²) in [6, 6.07) is 9.64. The molecule has 1 N–H and O–H groups in total. The molecule has 2 amide bonds. The standard InChI is InChI=1S/C27H40N4O4/c1-19(28-25(32)35-27(4,5)6)17-31-21(3)24(20(2)29-31)16-22-12-14-30(15-13-22)26(33)34-18-23-10-8-7-9-11-23/h7-11,19,22H,12-18H2,1-6H3,(H,28,32)/t19-/m1/s1. The minimum atomic E-state index is -0.524. The summed E-state index contributed by atoms with van der Waals surface area (Å²) >= 11 is 0. The molecule has 0 unspecified atom stereocenters.